The van der Waals surface area contributed by atoms with Crippen molar-refractivity contribution in [2.45, 2.75) is 12.2 Å². The van der Waals surface area contributed by atoms with Gasteiger partial charge in [0.05, 0.1) is 11.9 Å². The van der Waals surface area contributed by atoms with Crippen molar-refractivity contribution in [3.8, 4) is 17.0 Å². The number of pyridine rings is 1. The molecule has 14 radical (unpaired) electrons. The van der Waals surface area contributed by atoms with Gasteiger partial charge in [0.2, 0.25) is 0 Å². The molecule has 0 saturated heterocycles. The maximum Gasteiger partial charge on any atom is 0.255 e. The largest absolute Gasteiger partial charge is 0.517 e. The Morgan fingerprint density at radius 3 is 2.17 bits per heavy atom. The summed E-state index contributed by atoms with van der Waals surface area (Å²) in [6, 6.07) is 7.62. The summed E-state index contributed by atoms with van der Waals surface area (Å²) in [5, 5.41) is 2.32. The zero-order valence-corrected chi connectivity index (χ0v) is 19.2. The Bertz CT molecular complexity index is 1450. The monoisotopic (exact) mass is 442 g/mol. The van der Waals surface area contributed by atoms with Gasteiger partial charge in [-0.25, -0.2) is 9.97 Å². The van der Waals surface area contributed by atoms with Crippen LogP contribution in [0.4, 0.5) is 5.82 Å². The lowest BCUT2D eigenvalue weighted by atomic mass is 9.52. The first-order valence-electron chi connectivity index (χ1n) is 10.4. The fraction of sp³-hybridized carbons (Fsp3) is 0.136. The molecule has 2 aromatic carbocycles. The number of hydrogen-bond acceptors (Lipinski definition) is 4. The van der Waals surface area contributed by atoms with Gasteiger partial charge in [0.1, 0.15) is 72.3 Å². The van der Waals surface area contributed by atoms with Crippen LogP contribution in [0.1, 0.15) is 16.2 Å². The van der Waals surface area contributed by atoms with Crippen molar-refractivity contribution >= 4 is 99.3 Å². The van der Waals surface area contributed by atoms with Gasteiger partial charge in [0.25, 0.3) is 5.91 Å². The molecule has 0 aliphatic heterocycles. The molecular weight excluding hydrogens is 428 g/mol. The number of hydrogen-bond donors (Lipinski definition) is 1. The summed E-state index contributed by atoms with van der Waals surface area (Å²) in [5.41, 5.74) is 1.04. The topological polar surface area (TPSA) is 69.0 Å². The Morgan fingerprint density at radius 1 is 0.943 bits per heavy atom. The minimum absolute atomic E-state index is 0.148. The van der Waals surface area contributed by atoms with E-state index in [4.69, 9.17) is 59.7 Å². The van der Waals surface area contributed by atoms with Crippen molar-refractivity contribution in [1.82, 2.24) is 14.5 Å². The summed E-state index contributed by atoms with van der Waals surface area (Å²) < 4.78 is 7.15. The third-order valence-corrected chi connectivity index (χ3v) is 5.59. The highest BCUT2D eigenvalue weighted by atomic mass is 16.5. The molecule has 0 saturated carbocycles. The maximum absolute atomic E-state index is 13.1. The molecule has 2 heterocycles. The lowest BCUT2D eigenvalue weighted by Crippen LogP contribution is -2.51. The van der Waals surface area contributed by atoms with Gasteiger partial charge in [-0.2, -0.15) is 0 Å². The predicted molar refractivity (Wildman–Crippen MR) is 145 cm³/mol. The summed E-state index contributed by atoms with van der Waals surface area (Å²) in [5.74, 6) is 0.269. The van der Waals surface area contributed by atoms with Crippen LogP contribution in [0.2, 0.25) is 0 Å². The van der Waals surface area contributed by atoms with Gasteiger partial charge in [-0.05, 0) is 29.7 Å². The number of aryl methyl sites for hydroxylation is 1. The average Bonchev–Trinajstić information content (AvgIpc) is 3.12. The quantitative estimate of drug-likeness (QED) is 0.360. The maximum atomic E-state index is 13.1. The van der Waals surface area contributed by atoms with E-state index in [2.05, 4.69) is 15.3 Å². The van der Waals surface area contributed by atoms with E-state index in [0.29, 0.717) is 0 Å². The molecule has 0 aliphatic rings. The zero-order valence-electron chi connectivity index (χ0n) is 19.2. The van der Waals surface area contributed by atoms with Crippen LogP contribution in [-0.2, 0) is 7.05 Å². The van der Waals surface area contributed by atoms with Crippen LogP contribution in [0.3, 0.4) is 0 Å². The normalized spacial score (nSPS) is 11.5. The van der Waals surface area contributed by atoms with Crippen LogP contribution < -0.4 is 31.9 Å². The summed E-state index contributed by atoms with van der Waals surface area (Å²) >= 11 is 0. The first-order valence-corrected chi connectivity index (χ1v) is 10.4. The molecule has 154 valence electrons. The van der Waals surface area contributed by atoms with Crippen LogP contribution in [0.5, 0.6) is 5.75 Å². The van der Waals surface area contributed by atoms with E-state index in [9.17, 15) is 4.79 Å². The standard InChI is InChI=1S/C22H13B7N4O2/c1-9-30-8-13(33(9)2)10-3-4-11-7-31-14(6-12(11)5-10)32-21(34)15-16(23)18(25)20(19(26)17(15)24)35-22(27,28)29/h3-8H,1-2H3,(H,31,32,34). The number of anilines is 1. The van der Waals surface area contributed by atoms with Gasteiger partial charge in [-0.15, -0.1) is 0 Å². The first kappa shape index (κ1) is 24.9. The molecule has 0 unspecified atom stereocenters. The lowest BCUT2D eigenvalue weighted by molar-refractivity contribution is 0.102. The number of nitrogens with one attached hydrogen (secondary N) is 1. The second-order valence-corrected chi connectivity index (χ2v) is 8.15. The van der Waals surface area contributed by atoms with Gasteiger partial charge in [-0.3, -0.25) is 4.79 Å². The molecule has 0 bridgehead atoms. The number of carbonyl (C=O) groups is 1. The highest BCUT2D eigenvalue weighted by Crippen LogP contribution is 2.26. The number of amides is 1. The molecule has 0 spiro atoms. The summed E-state index contributed by atoms with van der Waals surface area (Å²) in [6.45, 7) is 1.93. The van der Waals surface area contributed by atoms with E-state index in [0.717, 1.165) is 27.9 Å². The molecular formula is C22H13B7N4O2. The van der Waals surface area contributed by atoms with Crippen LogP contribution in [0.15, 0.2) is 36.7 Å². The SMILES string of the molecule is [B]c1c([B])c(C(=O)Nc2cc3cc(-c4cnc(C)n4C)ccc3cn2)c([B])c([B])c1OC([B])([B])[B]. The molecule has 2 aromatic heterocycles. The molecule has 35 heavy (non-hydrogen) atoms. The highest BCUT2D eigenvalue weighted by molar-refractivity contribution is 6.62. The Labute approximate surface area is 212 Å². The summed E-state index contributed by atoms with van der Waals surface area (Å²) in [4.78, 5) is 21.7. The predicted octanol–water partition coefficient (Wildman–Crippen LogP) is -2.13. The molecule has 1 amide bonds. The van der Waals surface area contributed by atoms with E-state index < -0.39 is 11.2 Å². The van der Waals surface area contributed by atoms with Gasteiger partial charge < -0.3 is 14.6 Å². The van der Waals surface area contributed by atoms with E-state index >= 15 is 0 Å². The van der Waals surface area contributed by atoms with Crippen molar-refractivity contribution in [2.24, 2.45) is 7.05 Å². The zero-order chi connectivity index (χ0) is 25.7. The lowest BCUT2D eigenvalue weighted by Gasteiger charge is -2.29. The minimum atomic E-state index is -2.09. The van der Waals surface area contributed by atoms with Crippen molar-refractivity contribution < 1.29 is 9.53 Å². The van der Waals surface area contributed by atoms with Gasteiger partial charge in [0.15, 0.2) is 0 Å². The second-order valence-electron chi connectivity index (χ2n) is 8.15. The number of rotatable bonds is 5. The number of carbonyl (C=O) groups excluding carboxylic acids is 1. The molecule has 4 aromatic rings. The van der Waals surface area contributed by atoms with Crippen molar-refractivity contribution in [2.75, 3.05) is 5.32 Å². The van der Waals surface area contributed by atoms with E-state index in [1.165, 1.54) is 0 Å². The van der Waals surface area contributed by atoms with Crippen molar-refractivity contribution in [1.29, 1.82) is 0 Å². The van der Waals surface area contributed by atoms with Crippen LogP contribution in [0, 0.1) is 6.92 Å². The molecule has 6 nitrogen and oxygen atoms in total. The molecule has 0 fully saturated rings. The molecule has 0 aliphatic carbocycles. The second kappa shape index (κ2) is 9.10. The van der Waals surface area contributed by atoms with Gasteiger partial charge >= 0.3 is 0 Å². The summed E-state index contributed by atoms with van der Waals surface area (Å²) in [7, 11) is 42.4. The van der Waals surface area contributed by atoms with E-state index in [1.54, 1.807) is 18.5 Å². The van der Waals surface area contributed by atoms with Crippen LogP contribution in [-0.4, -0.2) is 80.7 Å². The van der Waals surface area contributed by atoms with E-state index in [1.807, 2.05) is 36.7 Å². The molecule has 0 atom stereocenters. The Hall–Kier alpha value is -3.22. The smallest absolute Gasteiger partial charge is 0.255 e. The minimum Gasteiger partial charge on any atom is -0.517 e. The Balaban J connectivity index is 1.69. The summed E-state index contributed by atoms with van der Waals surface area (Å²) in [6.07, 6.45) is 3.44. The van der Waals surface area contributed by atoms with Crippen LogP contribution in [0.25, 0.3) is 22.0 Å². The third-order valence-electron chi connectivity index (χ3n) is 5.59. The highest BCUT2D eigenvalue weighted by Gasteiger charge is 2.22. The number of imidazole rings is 1. The number of fused-ring (bicyclic) bond motifs is 1. The molecule has 4 rings (SSSR count). The first-order chi connectivity index (χ1) is 16.4. The van der Waals surface area contributed by atoms with Gasteiger partial charge in [-0.1, -0.05) is 34.0 Å². The average molecular weight is 441 g/mol. The fourth-order valence-electron chi connectivity index (χ4n) is 3.65. The van der Waals surface area contributed by atoms with Gasteiger partial charge in [0, 0.05) is 29.8 Å². The van der Waals surface area contributed by atoms with Crippen LogP contribution >= 0.6 is 0 Å². The van der Waals surface area contributed by atoms with E-state index in [-0.39, 0.29) is 39.0 Å². The van der Waals surface area contributed by atoms with Crippen molar-refractivity contribution in [3.05, 3.63) is 48.0 Å². The fourth-order valence-corrected chi connectivity index (χ4v) is 3.65. The number of nitrogens with zero attached hydrogens (tertiary/aromatic N) is 3. The molecule has 1 N–H and O–H groups in total. The third kappa shape index (κ3) is 4.81. The number of aromatic nitrogens is 3. The Kier molecular flexibility index (Phi) is 6.47. The van der Waals surface area contributed by atoms with Crippen molar-refractivity contribution in [3.63, 3.8) is 0 Å². The molecule has 13 heteroatoms. The number of ether oxygens (including phenoxy) is 1. The number of benzene rings is 2. The Morgan fingerprint density at radius 2 is 1.60 bits per heavy atom.